The topological polar surface area (TPSA) is 67.8 Å². The van der Waals surface area contributed by atoms with Gasteiger partial charge in [0.15, 0.2) is 5.65 Å². The van der Waals surface area contributed by atoms with Gasteiger partial charge >= 0.3 is 0 Å². The molecule has 0 aliphatic carbocycles. The molecule has 4 heterocycles. The molecule has 1 fully saturated rings. The van der Waals surface area contributed by atoms with E-state index in [1.54, 1.807) is 0 Å². The van der Waals surface area contributed by atoms with E-state index in [1.807, 2.05) is 62.6 Å². The van der Waals surface area contributed by atoms with Gasteiger partial charge in [-0.2, -0.15) is 5.10 Å². The zero-order valence-corrected chi connectivity index (χ0v) is 16.5. The highest BCUT2D eigenvalue weighted by atomic mass is 16.2. The highest BCUT2D eigenvalue weighted by molar-refractivity contribution is 5.77. The van der Waals surface area contributed by atoms with Crippen molar-refractivity contribution in [2.75, 3.05) is 13.1 Å². The maximum Gasteiger partial charge on any atom is 0.223 e. The van der Waals surface area contributed by atoms with E-state index in [-0.39, 0.29) is 5.91 Å². The number of carbonyl (C=O) groups is 1. The monoisotopic (exact) mass is 388 g/mol. The molecule has 1 saturated heterocycles. The molecule has 4 aromatic rings. The lowest BCUT2D eigenvalue weighted by atomic mass is 9.99. The molecule has 7 heteroatoms. The molecule has 7 nitrogen and oxygen atoms in total. The Morgan fingerprint density at radius 2 is 1.90 bits per heavy atom. The van der Waals surface area contributed by atoms with E-state index in [2.05, 4.69) is 22.2 Å². The molecule has 29 heavy (non-hydrogen) atoms. The van der Waals surface area contributed by atoms with Gasteiger partial charge in [0, 0.05) is 43.9 Å². The smallest absolute Gasteiger partial charge is 0.223 e. The van der Waals surface area contributed by atoms with Crippen molar-refractivity contribution in [1.82, 2.24) is 29.1 Å². The molecule has 0 saturated carbocycles. The largest absolute Gasteiger partial charge is 0.343 e. The predicted molar refractivity (Wildman–Crippen MR) is 110 cm³/mol. The van der Waals surface area contributed by atoms with Crippen LogP contribution in [0.3, 0.4) is 0 Å². The Labute approximate surface area is 169 Å². The van der Waals surface area contributed by atoms with Gasteiger partial charge in [-0.1, -0.05) is 37.3 Å². The zero-order valence-electron chi connectivity index (χ0n) is 16.5. The molecule has 0 spiro atoms. The Hall–Kier alpha value is -3.22. The summed E-state index contributed by atoms with van der Waals surface area (Å²) in [6.45, 7) is 4.00. The fourth-order valence-electron chi connectivity index (χ4n) is 4.02. The second-order valence-corrected chi connectivity index (χ2v) is 7.90. The van der Waals surface area contributed by atoms with E-state index in [0.29, 0.717) is 12.8 Å². The first kappa shape index (κ1) is 17.8. The highest BCUT2D eigenvalue weighted by Crippen LogP contribution is 2.22. The van der Waals surface area contributed by atoms with E-state index in [1.165, 1.54) is 0 Å². The van der Waals surface area contributed by atoms with Crippen molar-refractivity contribution in [1.29, 1.82) is 0 Å². The minimum Gasteiger partial charge on any atom is -0.343 e. The van der Waals surface area contributed by atoms with Crippen LogP contribution in [0.2, 0.25) is 0 Å². The summed E-state index contributed by atoms with van der Waals surface area (Å²) in [6, 6.07) is 12.1. The Bertz CT molecular complexity index is 1150. The number of aromatic nitrogens is 5. The maximum atomic E-state index is 12.6. The number of benzene rings is 1. The van der Waals surface area contributed by atoms with E-state index in [0.717, 1.165) is 60.1 Å². The number of aryl methyl sites for hydroxylation is 1. The SMILES string of the molecule is CC1CCN(C(=O)CCc2nnc3c4cc(-c5ccccc5)nn4ccn23)CC1. The molecule has 1 aliphatic rings. The fraction of sp³-hybridized carbons (Fsp3) is 0.364. The Morgan fingerprint density at radius 3 is 2.69 bits per heavy atom. The second kappa shape index (κ2) is 7.31. The number of piperidine rings is 1. The molecule has 0 bridgehead atoms. The standard InChI is InChI=1S/C22H24N6O/c1-16-9-11-26(12-10-16)21(29)8-7-20-23-24-22-19-15-18(17-5-3-2-4-6-17)25-28(19)14-13-27(20)22/h2-6,13-16H,7-12H2,1H3. The summed E-state index contributed by atoms with van der Waals surface area (Å²) >= 11 is 0. The molecule has 0 N–H and O–H groups in total. The van der Waals surface area contributed by atoms with Gasteiger partial charge in [0.2, 0.25) is 5.91 Å². The molecular formula is C22H24N6O. The van der Waals surface area contributed by atoms with E-state index in [9.17, 15) is 4.79 Å². The number of hydrogen-bond acceptors (Lipinski definition) is 4. The number of rotatable bonds is 4. The number of amides is 1. The Morgan fingerprint density at radius 1 is 1.10 bits per heavy atom. The molecule has 1 amide bonds. The van der Waals surface area contributed by atoms with Gasteiger partial charge in [-0.25, -0.2) is 4.52 Å². The first-order chi connectivity index (χ1) is 14.2. The first-order valence-electron chi connectivity index (χ1n) is 10.2. The van der Waals surface area contributed by atoms with Gasteiger partial charge in [0.1, 0.15) is 11.3 Å². The predicted octanol–water partition coefficient (Wildman–Crippen LogP) is 3.24. The van der Waals surface area contributed by atoms with E-state index < -0.39 is 0 Å². The third kappa shape index (κ3) is 3.37. The van der Waals surface area contributed by atoms with Crippen molar-refractivity contribution < 1.29 is 4.79 Å². The summed E-state index contributed by atoms with van der Waals surface area (Å²) in [5, 5.41) is 13.4. The molecule has 0 atom stereocenters. The number of nitrogens with zero attached hydrogens (tertiary/aromatic N) is 6. The van der Waals surface area contributed by atoms with Crippen LogP contribution in [-0.4, -0.2) is 48.1 Å². The summed E-state index contributed by atoms with van der Waals surface area (Å²) in [7, 11) is 0. The van der Waals surface area contributed by atoms with Crippen molar-refractivity contribution in [3.8, 4) is 11.3 Å². The molecule has 1 aliphatic heterocycles. The van der Waals surface area contributed by atoms with Crippen molar-refractivity contribution in [2.24, 2.45) is 5.92 Å². The summed E-state index contributed by atoms with van der Waals surface area (Å²) in [5.41, 5.74) is 3.63. The third-order valence-corrected chi connectivity index (χ3v) is 5.86. The van der Waals surface area contributed by atoms with Crippen molar-refractivity contribution in [2.45, 2.75) is 32.6 Å². The first-order valence-corrected chi connectivity index (χ1v) is 10.2. The minimum atomic E-state index is 0.213. The van der Waals surface area contributed by atoms with Crippen LogP contribution in [0.1, 0.15) is 32.0 Å². The quantitative estimate of drug-likeness (QED) is 0.538. The second-order valence-electron chi connectivity index (χ2n) is 7.90. The van der Waals surface area contributed by atoms with Crippen molar-refractivity contribution in [3.63, 3.8) is 0 Å². The van der Waals surface area contributed by atoms with Crippen molar-refractivity contribution in [3.05, 3.63) is 54.6 Å². The van der Waals surface area contributed by atoms with Gasteiger partial charge in [0.25, 0.3) is 0 Å². The summed E-state index contributed by atoms with van der Waals surface area (Å²) in [6.07, 6.45) is 7.09. The zero-order chi connectivity index (χ0) is 19.8. The molecule has 5 rings (SSSR count). The van der Waals surface area contributed by atoms with E-state index in [4.69, 9.17) is 0 Å². The van der Waals surface area contributed by atoms with Crippen LogP contribution in [0.4, 0.5) is 0 Å². The summed E-state index contributed by atoms with van der Waals surface area (Å²) in [5.74, 6) is 1.74. The molecule has 3 aromatic heterocycles. The van der Waals surface area contributed by atoms with Gasteiger partial charge < -0.3 is 4.90 Å². The normalized spacial score (nSPS) is 15.4. The lowest BCUT2D eigenvalue weighted by molar-refractivity contribution is -0.132. The van der Waals surface area contributed by atoms with Gasteiger partial charge in [-0.15, -0.1) is 10.2 Å². The highest BCUT2D eigenvalue weighted by Gasteiger charge is 2.21. The Balaban J connectivity index is 1.38. The lowest BCUT2D eigenvalue weighted by Crippen LogP contribution is -2.38. The average Bonchev–Trinajstić information content (AvgIpc) is 3.37. The molecule has 148 valence electrons. The van der Waals surface area contributed by atoms with Gasteiger partial charge in [-0.05, 0) is 24.8 Å². The summed E-state index contributed by atoms with van der Waals surface area (Å²) in [4.78, 5) is 14.6. The lowest BCUT2D eigenvalue weighted by Gasteiger charge is -2.30. The molecular weight excluding hydrogens is 364 g/mol. The molecule has 0 unspecified atom stereocenters. The van der Waals surface area contributed by atoms with E-state index >= 15 is 0 Å². The van der Waals surface area contributed by atoms with Crippen LogP contribution in [-0.2, 0) is 11.2 Å². The van der Waals surface area contributed by atoms with Crippen LogP contribution >= 0.6 is 0 Å². The van der Waals surface area contributed by atoms with Crippen LogP contribution in [0.5, 0.6) is 0 Å². The number of fused-ring (bicyclic) bond motifs is 3. The van der Waals surface area contributed by atoms with Crippen LogP contribution in [0, 0.1) is 5.92 Å². The summed E-state index contributed by atoms with van der Waals surface area (Å²) < 4.78 is 3.80. The number of hydrogen-bond donors (Lipinski definition) is 0. The van der Waals surface area contributed by atoms with Gasteiger partial charge in [0.05, 0.1) is 5.69 Å². The fourth-order valence-corrected chi connectivity index (χ4v) is 4.02. The molecule has 1 aromatic carbocycles. The third-order valence-electron chi connectivity index (χ3n) is 5.86. The Kier molecular flexibility index (Phi) is 4.50. The van der Waals surface area contributed by atoms with Gasteiger partial charge in [-0.3, -0.25) is 9.20 Å². The number of carbonyl (C=O) groups excluding carboxylic acids is 1. The van der Waals surface area contributed by atoms with Crippen LogP contribution in [0.15, 0.2) is 48.8 Å². The van der Waals surface area contributed by atoms with Crippen LogP contribution in [0.25, 0.3) is 22.4 Å². The maximum absolute atomic E-state index is 12.6. The van der Waals surface area contributed by atoms with Crippen LogP contribution < -0.4 is 0 Å². The molecule has 0 radical (unpaired) electrons. The average molecular weight is 388 g/mol. The minimum absolute atomic E-state index is 0.213. The number of likely N-dealkylation sites (tertiary alicyclic amines) is 1. The van der Waals surface area contributed by atoms with Crippen molar-refractivity contribution >= 4 is 17.1 Å².